The highest BCUT2D eigenvalue weighted by molar-refractivity contribution is 5.92. The number of hydrogen-bond acceptors (Lipinski definition) is 4. The number of halogens is 1. The van der Waals surface area contributed by atoms with Gasteiger partial charge in [0.2, 0.25) is 0 Å². The summed E-state index contributed by atoms with van der Waals surface area (Å²) >= 11 is 0. The first-order valence-electron chi connectivity index (χ1n) is 6.65. The van der Waals surface area contributed by atoms with Gasteiger partial charge in [0, 0.05) is 18.5 Å². The Morgan fingerprint density at radius 2 is 2.05 bits per heavy atom. The minimum absolute atomic E-state index is 0.00827. The van der Waals surface area contributed by atoms with E-state index in [1.165, 1.54) is 24.3 Å². The summed E-state index contributed by atoms with van der Waals surface area (Å²) in [7, 11) is 0. The molecule has 21 heavy (non-hydrogen) atoms. The minimum atomic E-state index is -0.911. The molecule has 0 radical (unpaired) electrons. The summed E-state index contributed by atoms with van der Waals surface area (Å²) in [5.41, 5.74) is 0.699. The van der Waals surface area contributed by atoms with E-state index in [1.807, 2.05) is 13.8 Å². The number of nitrogens with zero attached hydrogens (tertiary/aromatic N) is 1. The highest BCUT2D eigenvalue weighted by atomic mass is 19.1. The van der Waals surface area contributed by atoms with Gasteiger partial charge in [0.25, 0.3) is 5.91 Å². The van der Waals surface area contributed by atoms with E-state index in [2.05, 4.69) is 10.5 Å². The van der Waals surface area contributed by atoms with Gasteiger partial charge >= 0.3 is 0 Å². The fraction of sp³-hybridized carbons (Fsp3) is 0.333. The zero-order chi connectivity index (χ0) is 15.4. The number of carbonyl (C=O) groups is 1. The normalized spacial score (nSPS) is 12.4. The Balaban J connectivity index is 1.92. The van der Waals surface area contributed by atoms with Crippen molar-refractivity contribution in [2.24, 2.45) is 0 Å². The van der Waals surface area contributed by atoms with Crippen LogP contribution in [-0.4, -0.2) is 22.7 Å². The van der Waals surface area contributed by atoms with Crippen LogP contribution in [0, 0.1) is 5.82 Å². The van der Waals surface area contributed by atoms with Crippen LogP contribution in [0.15, 0.2) is 34.9 Å². The lowest BCUT2D eigenvalue weighted by Gasteiger charge is -2.11. The van der Waals surface area contributed by atoms with Crippen LogP contribution in [0.4, 0.5) is 4.39 Å². The van der Waals surface area contributed by atoms with Crippen LogP contribution in [0.5, 0.6) is 0 Å². The predicted octanol–water partition coefficient (Wildman–Crippen LogP) is 2.40. The first-order valence-corrected chi connectivity index (χ1v) is 6.65. The molecule has 112 valence electrons. The maximum Gasteiger partial charge on any atom is 0.273 e. The van der Waals surface area contributed by atoms with Crippen LogP contribution in [0.2, 0.25) is 0 Å². The molecule has 0 aliphatic rings. The van der Waals surface area contributed by atoms with E-state index in [9.17, 15) is 14.3 Å². The molecule has 0 bridgehead atoms. The van der Waals surface area contributed by atoms with E-state index >= 15 is 0 Å². The second kappa shape index (κ2) is 6.49. The Hall–Kier alpha value is -2.21. The monoisotopic (exact) mass is 292 g/mol. The quantitative estimate of drug-likeness (QED) is 0.887. The highest BCUT2D eigenvalue weighted by Crippen LogP contribution is 2.15. The smallest absolute Gasteiger partial charge is 0.273 e. The van der Waals surface area contributed by atoms with Crippen LogP contribution in [0.25, 0.3) is 0 Å². The van der Waals surface area contributed by atoms with Crippen molar-refractivity contribution in [1.29, 1.82) is 0 Å². The molecule has 0 aliphatic heterocycles. The topological polar surface area (TPSA) is 75.4 Å². The predicted molar refractivity (Wildman–Crippen MR) is 74.3 cm³/mol. The van der Waals surface area contributed by atoms with E-state index < -0.39 is 12.0 Å². The van der Waals surface area contributed by atoms with Gasteiger partial charge in [-0.2, -0.15) is 0 Å². The molecule has 1 unspecified atom stereocenters. The lowest BCUT2D eigenvalue weighted by Crippen LogP contribution is -2.28. The van der Waals surface area contributed by atoms with E-state index in [0.29, 0.717) is 11.3 Å². The molecule has 1 amide bonds. The molecule has 1 atom stereocenters. The molecular weight excluding hydrogens is 275 g/mol. The number of aromatic nitrogens is 1. The molecular formula is C15H17FN2O3. The van der Waals surface area contributed by atoms with Crippen molar-refractivity contribution in [1.82, 2.24) is 10.5 Å². The van der Waals surface area contributed by atoms with Gasteiger partial charge in [-0.3, -0.25) is 4.79 Å². The molecule has 0 saturated carbocycles. The molecule has 0 fully saturated rings. The third-order valence-corrected chi connectivity index (χ3v) is 3.04. The first-order chi connectivity index (χ1) is 9.97. The number of aliphatic hydroxyl groups is 1. The Morgan fingerprint density at radius 1 is 1.38 bits per heavy atom. The Morgan fingerprint density at radius 3 is 2.62 bits per heavy atom. The average molecular weight is 292 g/mol. The zero-order valence-corrected chi connectivity index (χ0v) is 11.8. The van der Waals surface area contributed by atoms with Crippen LogP contribution >= 0.6 is 0 Å². The number of benzene rings is 1. The largest absolute Gasteiger partial charge is 0.387 e. The summed E-state index contributed by atoms with van der Waals surface area (Å²) in [5, 5.41) is 16.2. The highest BCUT2D eigenvalue weighted by Gasteiger charge is 2.16. The lowest BCUT2D eigenvalue weighted by atomic mass is 10.1. The third kappa shape index (κ3) is 3.88. The van der Waals surface area contributed by atoms with Gasteiger partial charge in [0.05, 0.1) is 6.10 Å². The van der Waals surface area contributed by atoms with Crippen LogP contribution in [0.1, 0.15) is 47.7 Å². The number of aliphatic hydroxyl groups excluding tert-OH is 1. The van der Waals surface area contributed by atoms with Crippen molar-refractivity contribution in [3.8, 4) is 0 Å². The standard InChI is InChI=1S/C15H17FN2O3/c1-9(2)14-7-12(18-21-14)15(20)17-8-13(19)10-3-5-11(16)6-4-10/h3-7,9,13,19H,8H2,1-2H3,(H,17,20). The molecule has 0 spiro atoms. The minimum Gasteiger partial charge on any atom is -0.387 e. The molecule has 0 saturated heterocycles. The van der Waals surface area contributed by atoms with Crippen molar-refractivity contribution < 1.29 is 18.8 Å². The van der Waals surface area contributed by atoms with Crippen LogP contribution < -0.4 is 5.32 Å². The summed E-state index contributed by atoms with van der Waals surface area (Å²) in [4.78, 5) is 11.9. The van der Waals surface area contributed by atoms with Gasteiger partial charge in [-0.1, -0.05) is 31.1 Å². The van der Waals surface area contributed by atoms with Gasteiger partial charge in [-0.25, -0.2) is 4.39 Å². The molecule has 1 aromatic heterocycles. The Labute approximate surface area is 121 Å². The Bertz CT molecular complexity index is 608. The zero-order valence-electron chi connectivity index (χ0n) is 11.8. The number of hydrogen-bond donors (Lipinski definition) is 2. The van der Waals surface area contributed by atoms with Crippen molar-refractivity contribution in [3.05, 3.63) is 53.2 Å². The summed E-state index contributed by atoms with van der Waals surface area (Å²) in [6.45, 7) is 3.87. The van der Waals surface area contributed by atoms with Crippen molar-refractivity contribution in [3.63, 3.8) is 0 Å². The van der Waals surface area contributed by atoms with Crippen LogP contribution in [-0.2, 0) is 0 Å². The molecule has 5 nitrogen and oxygen atoms in total. The molecule has 2 N–H and O–H groups in total. The number of rotatable bonds is 5. The maximum atomic E-state index is 12.8. The van der Waals surface area contributed by atoms with Crippen molar-refractivity contribution >= 4 is 5.91 Å². The van der Waals surface area contributed by atoms with E-state index in [1.54, 1.807) is 6.07 Å². The van der Waals surface area contributed by atoms with Gasteiger partial charge in [0.1, 0.15) is 11.6 Å². The molecule has 1 aromatic carbocycles. The number of amides is 1. The van der Waals surface area contributed by atoms with E-state index in [-0.39, 0.29) is 24.0 Å². The average Bonchev–Trinajstić information content (AvgIpc) is 2.95. The number of carbonyl (C=O) groups excluding carboxylic acids is 1. The Kier molecular flexibility index (Phi) is 4.70. The summed E-state index contributed by atoms with van der Waals surface area (Å²) in [6.07, 6.45) is -0.911. The third-order valence-electron chi connectivity index (χ3n) is 3.04. The molecule has 2 aromatic rings. The van der Waals surface area contributed by atoms with Crippen LogP contribution in [0.3, 0.4) is 0 Å². The SMILES string of the molecule is CC(C)c1cc(C(=O)NCC(O)c2ccc(F)cc2)no1. The molecule has 6 heteroatoms. The van der Waals surface area contributed by atoms with Crippen molar-refractivity contribution in [2.75, 3.05) is 6.54 Å². The van der Waals surface area contributed by atoms with E-state index in [0.717, 1.165) is 0 Å². The second-order valence-electron chi connectivity index (χ2n) is 5.05. The summed E-state index contributed by atoms with van der Waals surface area (Å²) < 4.78 is 17.8. The molecule has 1 heterocycles. The fourth-order valence-electron chi connectivity index (χ4n) is 1.75. The van der Waals surface area contributed by atoms with E-state index in [4.69, 9.17) is 4.52 Å². The fourth-order valence-corrected chi connectivity index (χ4v) is 1.75. The summed E-state index contributed by atoms with van der Waals surface area (Å²) in [6, 6.07) is 7.03. The lowest BCUT2D eigenvalue weighted by molar-refractivity contribution is 0.0907. The van der Waals surface area contributed by atoms with Gasteiger partial charge in [-0.15, -0.1) is 0 Å². The van der Waals surface area contributed by atoms with Gasteiger partial charge in [-0.05, 0) is 17.7 Å². The molecule has 0 aliphatic carbocycles. The maximum absolute atomic E-state index is 12.8. The summed E-state index contributed by atoms with van der Waals surface area (Å²) in [5.74, 6) is -0.0336. The number of nitrogens with one attached hydrogen (secondary N) is 1. The van der Waals surface area contributed by atoms with Gasteiger partial charge in [0.15, 0.2) is 5.69 Å². The second-order valence-corrected chi connectivity index (χ2v) is 5.05. The van der Waals surface area contributed by atoms with Gasteiger partial charge < -0.3 is 14.9 Å². The van der Waals surface area contributed by atoms with Crippen molar-refractivity contribution in [2.45, 2.75) is 25.9 Å². The molecule has 2 rings (SSSR count). The first kappa shape index (κ1) is 15.2.